The summed E-state index contributed by atoms with van der Waals surface area (Å²) >= 11 is 0. The third kappa shape index (κ3) is 4.82. The van der Waals surface area contributed by atoms with E-state index in [1.807, 2.05) is 34.1 Å². The number of hydrogen-bond donors (Lipinski definition) is 1. The van der Waals surface area contributed by atoms with Crippen molar-refractivity contribution in [2.75, 3.05) is 44.2 Å². The highest BCUT2D eigenvalue weighted by Crippen LogP contribution is 2.21. The van der Waals surface area contributed by atoms with Gasteiger partial charge < -0.3 is 24.4 Å². The van der Waals surface area contributed by atoms with Crippen LogP contribution in [0.15, 0.2) is 47.3 Å². The van der Waals surface area contributed by atoms with Crippen molar-refractivity contribution in [1.82, 2.24) is 15.1 Å². The van der Waals surface area contributed by atoms with Gasteiger partial charge in [-0.05, 0) is 37.5 Å². The number of carbonyl (C=O) groups is 2. The molecule has 4 rings (SSSR count). The predicted molar refractivity (Wildman–Crippen MR) is 116 cm³/mol. The van der Waals surface area contributed by atoms with Crippen molar-refractivity contribution >= 4 is 17.6 Å². The molecule has 0 aliphatic carbocycles. The van der Waals surface area contributed by atoms with Crippen LogP contribution >= 0.6 is 0 Å². The lowest BCUT2D eigenvalue weighted by molar-refractivity contribution is 0.0706. The average Bonchev–Trinajstić information content (AvgIpc) is 3.23. The van der Waals surface area contributed by atoms with Crippen molar-refractivity contribution < 1.29 is 14.0 Å². The first-order chi connectivity index (χ1) is 15.2. The summed E-state index contributed by atoms with van der Waals surface area (Å²) < 4.78 is 5.00. The SMILES string of the molecule is N#Cc1ccccc1N1CCCN(C(=O)NC2CCN(C(=O)c3ccoc3)CC2)CC1. The van der Waals surface area contributed by atoms with Gasteiger partial charge in [0.05, 0.1) is 23.1 Å². The Morgan fingerprint density at radius 1 is 1.00 bits per heavy atom. The van der Waals surface area contributed by atoms with E-state index in [9.17, 15) is 14.9 Å². The molecular formula is C23H27N5O3. The van der Waals surface area contributed by atoms with Gasteiger partial charge in [-0.1, -0.05) is 12.1 Å². The molecule has 3 heterocycles. The maximum atomic E-state index is 12.8. The van der Waals surface area contributed by atoms with Gasteiger partial charge in [-0.15, -0.1) is 0 Å². The number of anilines is 1. The van der Waals surface area contributed by atoms with Gasteiger partial charge in [-0.2, -0.15) is 5.26 Å². The molecule has 0 bridgehead atoms. The smallest absolute Gasteiger partial charge is 0.317 e. The van der Waals surface area contributed by atoms with Gasteiger partial charge in [0, 0.05) is 45.3 Å². The monoisotopic (exact) mass is 421 g/mol. The van der Waals surface area contributed by atoms with E-state index in [4.69, 9.17) is 4.42 Å². The zero-order valence-electron chi connectivity index (χ0n) is 17.5. The number of hydrogen-bond acceptors (Lipinski definition) is 5. The van der Waals surface area contributed by atoms with Crippen LogP contribution in [0.2, 0.25) is 0 Å². The van der Waals surface area contributed by atoms with E-state index in [-0.39, 0.29) is 18.0 Å². The number of urea groups is 1. The van der Waals surface area contributed by atoms with E-state index in [1.165, 1.54) is 12.5 Å². The number of furan rings is 1. The fourth-order valence-corrected chi connectivity index (χ4v) is 4.27. The Labute approximate surface area is 182 Å². The second-order valence-corrected chi connectivity index (χ2v) is 7.98. The molecular weight excluding hydrogens is 394 g/mol. The van der Waals surface area contributed by atoms with Gasteiger partial charge in [-0.25, -0.2) is 4.79 Å². The largest absolute Gasteiger partial charge is 0.472 e. The number of likely N-dealkylation sites (tertiary alicyclic amines) is 1. The number of nitriles is 1. The first kappa shape index (κ1) is 20.8. The van der Waals surface area contributed by atoms with Gasteiger partial charge in [0.15, 0.2) is 0 Å². The Kier molecular flexibility index (Phi) is 6.41. The molecule has 2 saturated heterocycles. The third-order valence-corrected chi connectivity index (χ3v) is 6.03. The van der Waals surface area contributed by atoms with Gasteiger partial charge in [0.1, 0.15) is 12.3 Å². The normalized spacial score (nSPS) is 17.7. The van der Waals surface area contributed by atoms with Crippen LogP contribution in [0, 0.1) is 11.3 Å². The molecule has 1 aromatic heterocycles. The fraction of sp³-hybridized carbons (Fsp3) is 0.435. The minimum atomic E-state index is -0.0463. The lowest BCUT2D eigenvalue weighted by atomic mass is 10.0. The number of para-hydroxylation sites is 1. The standard InChI is InChI=1S/C23H27N5O3/c24-16-18-4-1-2-5-21(18)26-9-3-10-28(14-13-26)23(30)25-20-6-11-27(12-7-20)22(29)19-8-15-31-17-19/h1-2,4-5,8,15,17,20H,3,6-7,9-14H2,(H,25,30). The molecule has 0 spiro atoms. The van der Waals surface area contributed by atoms with Crippen molar-refractivity contribution in [3.8, 4) is 6.07 Å². The molecule has 0 radical (unpaired) electrons. The first-order valence-corrected chi connectivity index (χ1v) is 10.8. The minimum Gasteiger partial charge on any atom is -0.472 e. The first-order valence-electron chi connectivity index (χ1n) is 10.8. The number of nitrogens with one attached hydrogen (secondary N) is 1. The quantitative estimate of drug-likeness (QED) is 0.823. The van der Waals surface area contributed by atoms with Crippen molar-refractivity contribution in [2.45, 2.75) is 25.3 Å². The highest BCUT2D eigenvalue weighted by molar-refractivity contribution is 5.93. The van der Waals surface area contributed by atoms with Crippen molar-refractivity contribution in [3.63, 3.8) is 0 Å². The number of benzene rings is 1. The Hall–Kier alpha value is -3.47. The van der Waals surface area contributed by atoms with Gasteiger partial charge in [0.2, 0.25) is 0 Å². The second-order valence-electron chi connectivity index (χ2n) is 7.98. The van der Waals surface area contributed by atoms with Gasteiger partial charge in [0.25, 0.3) is 5.91 Å². The number of amides is 3. The number of rotatable bonds is 3. The molecule has 2 fully saturated rings. The van der Waals surface area contributed by atoms with Crippen LogP contribution in [0.4, 0.5) is 10.5 Å². The van der Waals surface area contributed by atoms with E-state index in [2.05, 4.69) is 16.3 Å². The molecule has 1 aromatic carbocycles. The average molecular weight is 422 g/mol. The molecule has 31 heavy (non-hydrogen) atoms. The highest BCUT2D eigenvalue weighted by atomic mass is 16.3. The van der Waals surface area contributed by atoms with Crippen molar-refractivity contribution in [2.24, 2.45) is 0 Å². The molecule has 0 unspecified atom stereocenters. The predicted octanol–water partition coefficient (Wildman–Crippen LogP) is 2.68. The van der Waals surface area contributed by atoms with Gasteiger partial charge in [-0.3, -0.25) is 4.79 Å². The lowest BCUT2D eigenvalue weighted by Crippen LogP contribution is -2.50. The molecule has 3 amide bonds. The van der Waals surface area contributed by atoms with E-state index in [0.717, 1.165) is 31.5 Å². The third-order valence-electron chi connectivity index (χ3n) is 6.03. The summed E-state index contributed by atoms with van der Waals surface area (Å²) in [7, 11) is 0. The molecule has 8 heteroatoms. The summed E-state index contributed by atoms with van der Waals surface area (Å²) in [6.07, 6.45) is 5.30. The Morgan fingerprint density at radius 3 is 2.55 bits per heavy atom. The topological polar surface area (TPSA) is 92.8 Å². The van der Waals surface area contributed by atoms with Crippen molar-refractivity contribution in [3.05, 3.63) is 54.0 Å². The van der Waals surface area contributed by atoms with Crippen LogP contribution in [0.3, 0.4) is 0 Å². The number of nitrogens with zero attached hydrogens (tertiary/aromatic N) is 4. The molecule has 2 aliphatic rings. The molecule has 0 saturated carbocycles. The Morgan fingerprint density at radius 2 is 1.81 bits per heavy atom. The number of piperidine rings is 1. The summed E-state index contributed by atoms with van der Waals surface area (Å²) in [5.41, 5.74) is 2.16. The second kappa shape index (κ2) is 9.56. The van der Waals surface area contributed by atoms with E-state index in [1.54, 1.807) is 6.07 Å². The van der Waals surface area contributed by atoms with Crippen LogP contribution in [0.1, 0.15) is 35.2 Å². The molecule has 8 nitrogen and oxygen atoms in total. The van der Waals surface area contributed by atoms with E-state index in [0.29, 0.717) is 43.9 Å². The number of carbonyl (C=O) groups excluding carboxylic acids is 2. The van der Waals surface area contributed by atoms with Crippen LogP contribution in [0.25, 0.3) is 0 Å². The summed E-state index contributed by atoms with van der Waals surface area (Å²) in [6.45, 7) is 4.06. The Balaban J connectivity index is 1.27. The summed E-state index contributed by atoms with van der Waals surface area (Å²) in [5.74, 6) is -0.0243. The summed E-state index contributed by atoms with van der Waals surface area (Å²) in [4.78, 5) is 31.1. The van der Waals surface area contributed by atoms with E-state index < -0.39 is 0 Å². The van der Waals surface area contributed by atoms with Gasteiger partial charge >= 0.3 is 6.03 Å². The molecule has 2 aliphatic heterocycles. The van der Waals surface area contributed by atoms with Crippen molar-refractivity contribution in [1.29, 1.82) is 5.26 Å². The van der Waals surface area contributed by atoms with Crippen LogP contribution in [-0.2, 0) is 0 Å². The maximum Gasteiger partial charge on any atom is 0.317 e. The molecule has 162 valence electrons. The lowest BCUT2D eigenvalue weighted by Gasteiger charge is -2.33. The molecule has 0 atom stereocenters. The van der Waals surface area contributed by atoms with E-state index >= 15 is 0 Å². The Bertz CT molecular complexity index is 944. The molecule has 2 aromatic rings. The van der Waals surface area contributed by atoms with Crippen LogP contribution in [-0.4, -0.2) is 67.0 Å². The maximum absolute atomic E-state index is 12.8. The zero-order valence-corrected chi connectivity index (χ0v) is 17.5. The molecule has 1 N–H and O–H groups in total. The highest BCUT2D eigenvalue weighted by Gasteiger charge is 2.27. The summed E-state index contributed by atoms with van der Waals surface area (Å²) in [5, 5.41) is 12.5. The fourth-order valence-electron chi connectivity index (χ4n) is 4.27. The zero-order chi connectivity index (χ0) is 21.6. The van der Waals surface area contributed by atoms with Crippen LogP contribution in [0.5, 0.6) is 0 Å². The summed E-state index contributed by atoms with van der Waals surface area (Å²) in [6, 6.07) is 11.6. The van der Waals surface area contributed by atoms with Crippen LogP contribution < -0.4 is 10.2 Å². The minimum absolute atomic E-state index is 0.0243.